The summed E-state index contributed by atoms with van der Waals surface area (Å²) in [7, 11) is 0. The molecule has 0 aliphatic carbocycles. The molecule has 0 amide bonds. The smallest absolute Gasteiger partial charge is 0.174 e. The summed E-state index contributed by atoms with van der Waals surface area (Å²) in [4.78, 5) is 0. The topological polar surface area (TPSA) is 28.8 Å². The number of halogens is 2. The molecule has 0 spiro atoms. The fourth-order valence-corrected chi connectivity index (χ4v) is 0.964. The molecule has 0 radical (unpaired) electrons. The average molecular weight is 175 g/mol. The number of nitrogens with one attached hydrogen (secondary N) is 1. The molecule has 1 unspecified atom stereocenters. The van der Waals surface area contributed by atoms with E-state index in [1.54, 1.807) is 12.1 Å². The summed E-state index contributed by atoms with van der Waals surface area (Å²) in [6, 6.07) is 3.17. The lowest BCUT2D eigenvalue weighted by molar-refractivity contribution is 0.258. The van der Waals surface area contributed by atoms with Gasteiger partial charge in [0.15, 0.2) is 6.30 Å². The van der Waals surface area contributed by atoms with Crippen LogP contribution in [0.1, 0.15) is 13.2 Å². The lowest BCUT2D eigenvalue weighted by Gasteiger charge is -2.07. The Balaban J connectivity index is 3.28. The van der Waals surface area contributed by atoms with Gasteiger partial charge in [-0.2, -0.15) is 0 Å². The van der Waals surface area contributed by atoms with E-state index >= 15 is 0 Å². The first kappa shape index (κ1) is 8.27. The average Bonchev–Trinajstić information content (AvgIpc) is 1.94. The third-order valence-corrected chi connectivity index (χ3v) is 1.66. The van der Waals surface area contributed by atoms with Gasteiger partial charge in [0, 0.05) is 6.20 Å². The molecule has 1 atom stereocenters. The molecular formula is C7H8ClFN2. The highest BCUT2D eigenvalue weighted by Crippen LogP contribution is 2.05. The zero-order valence-electron chi connectivity index (χ0n) is 6.01. The second-order valence-electron chi connectivity index (χ2n) is 2.19. The van der Waals surface area contributed by atoms with E-state index in [1.807, 2.05) is 0 Å². The highest BCUT2D eigenvalue weighted by molar-refractivity contribution is 6.30. The van der Waals surface area contributed by atoms with E-state index in [4.69, 9.17) is 17.0 Å². The van der Waals surface area contributed by atoms with Gasteiger partial charge in [-0.15, -0.1) is 0 Å². The minimum Gasteiger partial charge on any atom is -0.301 e. The highest BCUT2D eigenvalue weighted by Gasteiger charge is 2.01. The van der Waals surface area contributed by atoms with Crippen LogP contribution in [0.2, 0.25) is 5.02 Å². The third-order valence-electron chi connectivity index (χ3n) is 1.36. The van der Waals surface area contributed by atoms with E-state index in [-0.39, 0.29) is 10.5 Å². The molecule has 60 valence electrons. The SMILES string of the molecule is CC(F)n1cccc(Cl)c1=N. The molecule has 0 saturated heterocycles. The molecule has 0 fully saturated rings. The Morgan fingerprint density at radius 2 is 2.36 bits per heavy atom. The van der Waals surface area contributed by atoms with E-state index in [0.29, 0.717) is 0 Å². The maximum atomic E-state index is 12.7. The van der Waals surface area contributed by atoms with Crippen molar-refractivity contribution in [2.24, 2.45) is 0 Å². The fraction of sp³-hybridized carbons (Fsp3) is 0.286. The molecule has 1 aromatic heterocycles. The Bertz CT molecular complexity index is 306. The number of rotatable bonds is 1. The second-order valence-corrected chi connectivity index (χ2v) is 2.59. The summed E-state index contributed by atoms with van der Waals surface area (Å²) in [5.41, 5.74) is 0.00386. The predicted molar refractivity (Wildman–Crippen MR) is 41.1 cm³/mol. The first-order chi connectivity index (χ1) is 5.13. The number of pyridine rings is 1. The molecule has 11 heavy (non-hydrogen) atoms. The summed E-state index contributed by atoms with van der Waals surface area (Å²) in [6.45, 7) is 1.36. The molecule has 1 aromatic rings. The Kier molecular flexibility index (Phi) is 2.29. The molecular weight excluding hydrogens is 167 g/mol. The van der Waals surface area contributed by atoms with E-state index in [1.165, 1.54) is 13.1 Å². The van der Waals surface area contributed by atoms with Crippen LogP contribution in [0, 0.1) is 5.41 Å². The Hall–Kier alpha value is -0.830. The lowest BCUT2D eigenvalue weighted by Crippen LogP contribution is -2.20. The van der Waals surface area contributed by atoms with Crippen molar-refractivity contribution in [1.82, 2.24) is 4.57 Å². The summed E-state index contributed by atoms with van der Waals surface area (Å²) >= 11 is 5.58. The number of alkyl halides is 1. The molecule has 1 heterocycles. The van der Waals surface area contributed by atoms with Gasteiger partial charge in [-0.3, -0.25) is 5.41 Å². The number of nitrogens with zero attached hydrogens (tertiary/aromatic N) is 1. The molecule has 0 bridgehead atoms. The normalized spacial score (nSPS) is 13.0. The van der Waals surface area contributed by atoms with Crippen molar-refractivity contribution >= 4 is 11.6 Å². The number of hydrogen-bond acceptors (Lipinski definition) is 1. The molecule has 0 aliphatic heterocycles. The van der Waals surface area contributed by atoms with Crippen molar-refractivity contribution < 1.29 is 4.39 Å². The Morgan fingerprint density at radius 1 is 1.73 bits per heavy atom. The minimum atomic E-state index is -1.21. The maximum Gasteiger partial charge on any atom is 0.174 e. The van der Waals surface area contributed by atoms with Crippen LogP contribution in [0.4, 0.5) is 4.39 Å². The molecule has 4 heteroatoms. The van der Waals surface area contributed by atoms with Crippen molar-refractivity contribution in [3.8, 4) is 0 Å². The lowest BCUT2D eigenvalue weighted by atomic mass is 10.4. The summed E-state index contributed by atoms with van der Waals surface area (Å²) in [5, 5.41) is 7.58. The monoisotopic (exact) mass is 174 g/mol. The number of aromatic nitrogens is 1. The standard InChI is InChI=1S/C7H8ClFN2/c1-5(9)11-4-2-3-6(8)7(11)10/h2-5,10H,1H3. The van der Waals surface area contributed by atoms with Gasteiger partial charge in [-0.1, -0.05) is 11.6 Å². The summed E-state index contributed by atoms with van der Waals surface area (Å²) in [6.07, 6.45) is 0.278. The second kappa shape index (κ2) is 3.05. The van der Waals surface area contributed by atoms with Crippen LogP contribution >= 0.6 is 11.6 Å². The van der Waals surface area contributed by atoms with Crippen molar-refractivity contribution in [2.45, 2.75) is 13.2 Å². The maximum absolute atomic E-state index is 12.7. The van der Waals surface area contributed by atoms with Crippen molar-refractivity contribution in [1.29, 1.82) is 5.41 Å². The van der Waals surface area contributed by atoms with Gasteiger partial charge < -0.3 is 4.57 Å². The van der Waals surface area contributed by atoms with E-state index < -0.39 is 6.30 Å². The zero-order valence-corrected chi connectivity index (χ0v) is 6.77. The Morgan fingerprint density at radius 3 is 2.82 bits per heavy atom. The van der Waals surface area contributed by atoms with Crippen LogP contribution in [-0.2, 0) is 0 Å². The van der Waals surface area contributed by atoms with Gasteiger partial charge in [-0.05, 0) is 19.1 Å². The van der Waals surface area contributed by atoms with Crippen LogP contribution in [0.25, 0.3) is 0 Å². The van der Waals surface area contributed by atoms with E-state index in [2.05, 4.69) is 0 Å². The van der Waals surface area contributed by atoms with Crippen LogP contribution in [0.15, 0.2) is 18.3 Å². The first-order valence-corrected chi connectivity index (χ1v) is 3.56. The highest BCUT2D eigenvalue weighted by atomic mass is 35.5. The van der Waals surface area contributed by atoms with Crippen LogP contribution < -0.4 is 5.49 Å². The fourth-order valence-electron chi connectivity index (χ4n) is 0.794. The third kappa shape index (κ3) is 1.60. The van der Waals surface area contributed by atoms with Crippen LogP contribution in [-0.4, -0.2) is 4.57 Å². The van der Waals surface area contributed by atoms with Crippen molar-refractivity contribution in [3.05, 3.63) is 28.8 Å². The molecule has 0 aromatic carbocycles. The van der Waals surface area contributed by atoms with Gasteiger partial charge >= 0.3 is 0 Å². The predicted octanol–water partition coefficient (Wildman–Crippen LogP) is 2.11. The zero-order chi connectivity index (χ0) is 8.43. The van der Waals surface area contributed by atoms with Crippen LogP contribution in [0.3, 0.4) is 0 Å². The van der Waals surface area contributed by atoms with E-state index in [9.17, 15) is 4.39 Å². The van der Waals surface area contributed by atoms with Crippen molar-refractivity contribution in [3.63, 3.8) is 0 Å². The molecule has 1 N–H and O–H groups in total. The summed E-state index contributed by atoms with van der Waals surface area (Å²) in [5.74, 6) is 0. The van der Waals surface area contributed by atoms with Gasteiger partial charge in [0.2, 0.25) is 0 Å². The Labute approximate surface area is 68.7 Å². The minimum absolute atomic E-state index is 0.00386. The van der Waals surface area contributed by atoms with Gasteiger partial charge in [0.25, 0.3) is 0 Å². The van der Waals surface area contributed by atoms with E-state index in [0.717, 1.165) is 4.57 Å². The van der Waals surface area contributed by atoms with Gasteiger partial charge in [0.05, 0.1) is 5.02 Å². The largest absolute Gasteiger partial charge is 0.301 e. The van der Waals surface area contributed by atoms with Crippen molar-refractivity contribution in [2.75, 3.05) is 0 Å². The van der Waals surface area contributed by atoms with Gasteiger partial charge in [0.1, 0.15) is 5.49 Å². The van der Waals surface area contributed by atoms with Gasteiger partial charge in [-0.25, -0.2) is 4.39 Å². The molecule has 1 rings (SSSR count). The quantitative estimate of drug-likeness (QED) is 0.676. The molecule has 0 saturated carbocycles. The molecule has 0 aliphatic rings. The number of hydrogen-bond donors (Lipinski definition) is 1. The molecule has 2 nitrogen and oxygen atoms in total. The summed E-state index contributed by atoms with van der Waals surface area (Å²) < 4.78 is 13.8. The first-order valence-electron chi connectivity index (χ1n) is 3.18. The van der Waals surface area contributed by atoms with Crippen LogP contribution in [0.5, 0.6) is 0 Å².